The number of nitrogens with two attached hydrogens (primary N) is 1. The topological polar surface area (TPSA) is 120 Å². The Morgan fingerprint density at radius 2 is 1.61 bits per heavy atom. The van der Waals surface area contributed by atoms with E-state index in [9.17, 15) is 14.4 Å². The SMILES string of the molecule is CC(C)(C)OC(=O)NCC(=O)N[C@@H](Cc1ccc(OCc2ccccc2)cc1)C(N)=O. The molecule has 166 valence electrons. The van der Waals surface area contributed by atoms with E-state index in [4.69, 9.17) is 15.2 Å². The van der Waals surface area contributed by atoms with E-state index in [1.807, 2.05) is 30.3 Å². The second kappa shape index (κ2) is 11.0. The number of nitrogens with one attached hydrogen (secondary N) is 2. The van der Waals surface area contributed by atoms with Crippen LogP contribution in [-0.4, -0.2) is 36.1 Å². The van der Waals surface area contributed by atoms with Crippen LogP contribution in [0.2, 0.25) is 0 Å². The third kappa shape index (κ3) is 9.20. The summed E-state index contributed by atoms with van der Waals surface area (Å²) in [5.74, 6) is -0.527. The number of hydrogen-bond acceptors (Lipinski definition) is 5. The van der Waals surface area contributed by atoms with Crippen LogP contribution in [0.25, 0.3) is 0 Å². The Hall–Kier alpha value is -3.55. The molecular formula is C23H29N3O5. The number of rotatable bonds is 9. The maximum atomic E-state index is 12.1. The van der Waals surface area contributed by atoms with Crippen molar-refractivity contribution in [2.75, 3.05) is 6.54 Å². The number of amides is 3. The zero-order valence-corrected chi connectivity index (χ0v) is 18.0. The lowest BCUT2D eigenvalue weighted by Gasteiger charge is -2.20. The monoisotopic (exact) mass is 427 g/mol. The largest absolute Gasteiger partial charge is 0.489 e. The van der Waals surface area contributed by atoms with Crippen molar-refractivity contribution in [2.45, 2.75) is 45.4 Å². The van der Waals surface area contributed by atoms with Gasteiger partial charge in [0.15, 0.2) is 0 Å². The van der Waals surface area contributed by atoms with Gasteiger partial charge in [0, 0.05) is 6.42 Å². The van der Waals surface area contributed by atoms with Crippen LogP contribution >= 0.6 is 0 Å². The van der Waals surface area contributed by atoms with Gasteiger partial charge in [0.2, 0.25) is 11.8 Å². The molecule has 4 N–H and O–H groups in total. The standard InChI is InChI=1S/C23H29N3O5/c1-23(2,3)31-22(29)25-14-20(27)26-19(21(24)28)13-16-9-11-18(12-10-16)30-15-17-7-5-4-6-8-17/h4-12,19H,13-15H2,1-3H3,(H2,24,28)(H,25,29)(H,26,27)/t19-/m0/s1. The average Bonchev–Trinajstić information content (AvgIpc) is 2.70. The molecule has 31 heavy (non-hydrogen) atoms. The van der Waals surface area contributed by atoms with Gasteiger partial charge in [-0.25, -0.2) is 4.79 Å². The minimum Gasteiger partial charge on any atom is -0.489 e. The van der Waals surface area contributed by atoms with Gasteiger partial charge < -0.3 is 25.8 Å². The number of carbonyl (C=O) groups is 3. The van der Waals surface area contributed by atoms with Crippen LogP contribution < -0.4 is 21.1 Å². The fourth-order valence-corrected chi connectivity index (χ4v) is 2.63. The average molecular weight is 428 g/mol. The van der Waals surface area contributed by atoms with Crippen molar-refractivity contribution in [3.05, 3.63) is 65.7 Å². The zero-order chi connectivity index (χ0) is 22.9. The molecule has 8 nitrogen and oxygen atoms in total. The van der Waals surface area contributed by atoms with E-state index < -0.39 is 29.6 Å². The summed E-state index contributed by atoms with van der Waals surface area (Å²) in [6, 6.07) is 16.1. The lowest BCUT2D eigenvalue weighted by atomic mass is 10.1. The van der Waals surface area contributed by atoms with Gasteiger partial charge in [0.05, 0.1) is 0 Å². The van der Waals surface area contributed by atoms with E-state index in [2.05, 4.69) is 10.6 Å². The molecule has 2 aromatic carbocycles. The highest BCUT2D eigenvalue weighted by Gasteiger charge is 2.20. The highest BCUT2D eigenvalue weighted by atomic mass is 16.6. The minimum absolute atomic E-state index is 0.215. The van der Waals surface area contributed by atoms with Crippen molar-refractivity contribution >= 4 is 17.9 Å². The molecule has 0 aromatic heterocycles. The number of alkyl carbamates (subject to hydrolysis) is 1. The first-order chi connectivity index (χ1) is 14.6. The van der Waals surface area contributed by atoms with Gasteiger partial charge in [-0.05, 0) is 44.0 Å². The zero-order valence-electron chi connectivity index (χ0n) is 18.0. The number of primary amides is 1. The van der Waals surface area contributed by atoms with E-state index in [1.54, 1.807) is 45.0 Å². The number of carbonyl (C=O) groups excluding carboxylic acids is 3. The first-order valence-electron chi connectivity index (χ1n) is 9.93. The molecule has 0 bridgehead atoms. The predicted octanol–water partition coefficient (Wildman–Crippen LogP) is 2.30. The second-order valence-electron chi connectivity index (χ2n) is 8.00. The highest BCUT2D eigenvalue weighted by Crippen LogP contribution is 2.15. The normalized spacial score (nSPS) is 11.8. The summed E-state index contributed by atoms with van der Waals surface area (Å²) in [6.07, 6.45) is -0.503. The Bertz CT molecular complexity index is 876. The smallest absolute Gasteiger partial charge is 0.408 e. The third-order valence-corrected chi connectivity index (χ3v) is 4.08. The quantitative estimate of drug-likeness (QED) is 0.567. The molecule has 8 heteroatoms. The number of hydrogen-bond donors (Lipinski definition) is 3. The summed E-state index contributed by atoms with van der Waals surface area (Å²) in [6.45, 7) is 5.27. The van der Waals surface area contributed by atoms with Crippen LogP contribution in [-0.2, 0) is 27.4 Å². The van der Waals surface area contributed by atoms with Crippen molar-refractivity contribution in [1.29, 1.82) is 0 Å². The van der Waals surface area contributed by atoms with Crippen LogP contribution in [0.15, 0.2) is 54.6 Å². The molecular weight excluding hydrogens is 398 g/mol. The fourth-order valence-electron chi connectivity index (χ4n) is 2.63. The van der Waals surface area contributed by atoms with Crippen molar-refractivity contribution in [3.63, 3.8) is 0 Å². The predicted molar refractivity (Wildman–Crippen MR) is 116 cm³/mol. The van der Waals surface area contributed by atoms with Crippen molar-refractivity contribution < 1.29 is 23.9 Å². The molecule has 0 fully saturated rings. The van der Waals surface area contributed by atoms with Crippen LogP contribution in [0.4, 0.5) is 4.79 Å². The van der Waals surface area contributed by atoms with E-state index >= 15 is 0 Å². The molecule has 2 aromatic rings. The Morgan fingerprint density at radius 3 is 2.19 bits per heavy atom. The Labute approximate surface area is 182 Å². The van der Waals surface area contributed by atoms with E-state index in [0.717, 1.165) is 11.1 Å². The lowest BCUT2D eigenvalue weighted by molar-refractivity contribution is -0.126. The van der Waals surface area contributed by atoms with Crippen LogP contribution in [0.1, 0.15) is 31.9 Å². The third-order valence-electron chi connectivity index (χ3n) is 4.08. The molecule has 3 amide bonds. The Balaban J connectivity index is 1.84. The van der Waals surface area contributed by atoms with Gasteiger partial charge in [-0.1, -0.05) is 42.5 Å². The first kappa shape index (κ1) is 23.7. The van der Waals surface area contributed by atoms with Gasteiger partial charge in [-0.2, -0.15) is 0 Å². The molecule has 0 aliphatic heterocycles. The first-order valence-corrected chi connectivity index (χ1v) is 9.93. The van der Waals surface area contributed by atoms with Crippen molar-refractivity contribution in [3.8, 4) is 5.75 Å². The van der Waals surface area contributed by atoms with Crippen LogP contribution in [0.5, 0.6) is 5.75 Å². The molecule has 0 aliphatic rings. The summed E-state index contributed by atoms with van der Waals surface area (Å²) >= 11 is 0. The molecule has 1 atom stereocenters. The van der Waals surface area contributed by atoms with Gasteiger partial charge in [-0.3, -0.25) is 9.59 Å². The molecule has 0 aliphatic carbocycles. The fraction of sp³-hybridized carbons (Fsp3) is 0.348. The van der Waals surface area contributed by atoms with Gasteiger partial charge in [0.1, 0.15) is 30.5 Å². The summed E-state index contributed by atoms with van der Waals surface area (Å²) in [7, 11) is 0. The second-order valence-corrected chi connectivity index (χ2v) is 8.00. The van der Waals surface area contributed by atoms with Gasteiger partial charge >= 0.3 is 6.09 Å². The molecule has 0 unspecified atom stereocenters. The maximum Gasteiger partial charge on any atom is 0.408 e. The Morgan fingerprint density at radius 1 is 0.968 bits per heavy atom. The molecule has 0 radical (unpaired) electrons. The number of ether oxygens (including phenoxy) is 2. The molecule has 0 heterocycles. The molecule has 0 spiro atoms. The van der Waals surface area contributed by atoms with Crippen LogP contribution in [0, 0.1) is 0 Å². The summed E-state index contributed by atoms with van der Waals surface area (Å²) in [5.41, 5.74) is 6.61. The number of benzene rings is 2. The van der Waals surface area contributed by atoms with Crippen LogP contribution in [0.3, 0.4) is 0 Å². The van der Waals surface area contributed by atoms with Crippen molar-refractivity contribution in [1.82, 2.24) is 10.6 Å². The van der Waals surface area contributed by atoms with Crippen molar-refractivity contribution in [2.24, 2.45) is 5.73 Å². The van der Waals surface area contributed by atoms with E-state index in [0.29, 0.717) is 12.4 Å². The Kier molecular flexibility index (Phi) is 8.43. The lowest BCUT2D eigenvalue weighted by Crippen LogP contribution is -2.49. The molecule has 0 saturated heterocycles. The maximum absolute atomic E-state index is 12.1. The van der Waals surface area contributed by atoms with Gasteiger partial charge in [0.25, 0.3) is 0 Å². The molecule has 0 saturated carbocycles. The highest BCUT2D eigenvalue weighted by molar-refractivity contribution is 5.88. The summed E-state index contributed by atoms with van der Waals surface area (Å²) in [5, 5.41) is 4.87. The summed E-state index contributed by atoms with van der Waals surface area (Å²) in [4.78, 5) is 35.5. The molecule has 2 rings (SSSR count). The van der Waals surface area contributed by atoms with Gasteiger partial charge in [-0.15, -0.1) is 0 Å². The van der Waals surface area contributed by atoms with E-state index in [1.165, 1.54) is 0 Å². The summed E-state index contributed by atoms with van der Waals surface area (Å²) < 4.78 is 10.8. The minimum atomic E-state index is -0.913. The van der Waals surface area contributed by atoms with E-state index in [-0.39, 0.29) is 13.0 Å².